The Labute approximate surface area is 77.2 Å². The van der Waals surface area contributed by atoms with E-state index in [0.29, 0.717) is 5.75 Å². The number of carbonyl (C=O) groups is 1. The van der Waals surface area contributed by atoms with Crippen LogP contribution in [-0.4, -0.2) is 21.5 Å². The van der Waals surface area contributed by atoms with Crippen LogP contribution in [0.15, 0.2) is 0 Å². The van der Waals surface area contributed by atoms with Crippen LogP contribution in [0.25, 0.3) is 0 Å². The van der Waals surface area contributed by atoms with Crippen molar-refractivity contribution in [2.75, 3.05) is 11.5 Å². The lowest BCUT2D eigenvalue weighted by atomic mass is 10.0. The van der Waals surface area contributed by atoms with E-state index in [4.69, 9.17) is 0 Å². The van der Waals surface area contributed by atoms with Crippen LogP contribution >= 0.6 is 0 Å². The second-order valence-electron chi connectivity index (χ2n) is 2.76. The van der Waals surface area contributed by atoms with Gasteiger partial charge in [-0.3, -0.25) is 9.00 Å². The van der Waals surface area contributed by atoms with Crippen LogP contribution in [0.5, 0.6) is 0 Å². The summed E-state index contributed by atoms with van der Waals surface area (Å²) in [5.41, 5.74) is 0. The summed E-state index contributed by atoms with van der Waals surface area (Å²) in [6, 6.07) is 0. The molecule has 0 aromatic rings. The fourth-order valence-corrected chi connectivity index (χ4v) is 2.71. The van der Waals surface area contributed by atoms with Gasteiger partial charge < -0.3 is 0 Å². The van der Waals surface area contributed by atoms with Gasteiger partial charge in [0.2, 0.25) is 0 Å². The molecule has 0 spiro atoms. The van der Waals surface area contributed by atoms with Crippen LogP contribution in [0.1, 0.15) is 33.6 Å². The van der Waals surface area contributed by atoms with Gasteiger partial charge in [0.15, 0.2) is 0 Å². The number of hydrogen-bond acceptors (Lipinski definition) is 2. The number of rotatable bonds is 1. The normalized spacial score (nSPS) is 28.6. The molecule has 0 aliphatic carbocycles. The van der Waals surface area contributed by atoms with Crippen molar-refractivity contribution in [1.82, 2.24) is 0 Å². The molecule has 0 N–H and O–H groups in total. The standard InChI is InChI=1S/C7H12O2S.C2H6/c1-6(8)7-3-2-4-10(9)5-7;1-2/h7H,2-5H2,1H3;1-2H3. The molecule has 2 atom stereocenters. The molecule has 0 bridgehead atoms. The Bertz CT molecular complexity index is 164. The van der Waals surface area contributed by atoms with Gasteiger partial charge in [0.1, 0.15) is 5.78 Å². The zero-order valence-corrected chi connectivity index (χ0v) is 8.95. The molecule has 12 heavy (non-hydrogen) atoms. The average Bonchev–Trinajstić information content (AvgIpc) is 2.08. The van der Waals surface area contributed by atoms with Gasteiger partial charge in [-0.25, -0.2) is 0 Å². The second-order valence-corrected chi connectivity index (χ2v) is 4.38. The Balaban J connectivity index is 0.000000561. The summed E-state index contributed by atoms with van der Waals surface area (Å²) < 4.78 is 10.9. The summed E-state index contributed by atoms with van der Waals surface area (Å²) >= 11 is 0. The van der Waals surface area contributed by atoms with Crippen LogP contribution in [-0.2, 0) is 15.6 Å². The van der Waals surface area contributed by atoms with E-state index in [-0.39, 0.29) is 11.7 Å². The van der Waals surface area contributed by atoms with Gasteiger partial charge in [-0.1, -0.05) is 13.8 Å². The number of hydrogen-bond donors (Lipinski definition) is 0. The highest BCUT2D eigenvalue weighted by Gasteiger charge is 2.21. The molecule has 72 valence electrons. The quantitative estimate of drug-likeness (QED) is 0.631. The molecule has 0 aromatic carbocycles. The summed E-state index contributed by atoms with van der Waals surface area (Å²) in [5, 5.41) is 0. The maximum atomic E-state index is 10.9. The van der Waals surface area contributed by atoms with Gasteiger partial charge in [-0.15, -0.1) is 0 Å². The van der Waals surface area contributed by atoms with Crippen LogP contribution in [0.3, 0.4) is 0 Å². The van der Waals surface area contributed by atoms with Crippen LogP contribution in [0, 0.1) is 5.92 Å². The van der Waals surface area contributed by atoms with Gasteiger partial charge in [-0.2, -0.15) is 0 Å². The largest absolute Gasteiger partial charge is 0.300 e. The van der Waals surface area contributed by atoms with Crippen molar-refractivity contribution in [1.29, 1.82) is 0 Å². The molecule has 1 heterocycles. The first-order chi connectivity index (χ1) is 5.70. The average molecular weight is 190 g/mol. The van der Waals surface area contributed by atoms with Crippen molar-refractivity contribution < 1.29 is 9.00 Å². The summed E-state index contributed by atoms with van der Waals surface area (Å²) in [6.07, 6.45) is 1.90. The first-order valence-electron chi connectivity index (χ1n) is 4.55. The van der Waals surface area contributed by atoms with Gasteiger partial charge in [0, 0.05) is 28.2 Å². The van der Waals surface area contributed by atoms with Crippen LogP contribution < -0.4 is 0 Å². The first kappa shape index (κ1) is 11.8. The minimum absolute atomic E-state index is 0.0922. The Kier molecular flexibility index (Phi) is 6.25. The molecule has 0 amide bonds. The van der Waals surface area contributed by atoms with Crippen molar-refractivity contribution in [3.05, 3.63) is 0 Å². The van der Waals surface area contributed by atoms with E-state index >= 15 is 0 Å². The third kappa shape index (κ3) is 4.00. The van der Waals surface area contributed by atoms with E-state index in [0.717, 1.165) is 18.6 Å². The topological polar surface area (TPSA) is 34.1 Å². The number of Topliss-reactive ketones (excluding diaryl/α,β-unsaturated/α-hetero) is 1. The molecule has 2 nitrogen and oxygen atoms in total. The predicted octanol–water partition coefficient (Wildman–Crippen LogP) is 1.76. The number of carbonyl (C=O) groups excluding carboxylic acids is 1. The highest BCUT2D eigenvalue weighted by atomic mass is 32.2. The predicted molar refractivity (Wildman–Crippen MR) is 52.6 cm³/mol. The van der Waals surface area contributed by atoms with E-state index in [1.54, 1.807) is 6.92 Å². The minimum atomic E-state index is -0.712. The Morgan fingerprint density at radius 1 is 1.42 bits per heavy atom. The minimum Gasteiger partial charge on any atom is -0.300 e. The van der Waals surface area contributed by atoms with E-state index in [1.165, 1.54) is 0 Å². The fraction of sp³-hybridized carbons (Fsp3) is 0.889. The third-order valence-corrected chi connectivity index (χ3v) is 3.40. The summed E-state index contributed by atoms with van der Waals surface area (Å²) in [5.74, 6) is 1.70. The Morgan fingerprint density at radius 2 is 2.00 bits per heavy atom. The van der Waals surface area contributed by atoms with Crippen molar-refractivity contribution in [2.24, 2.45) is 5.92 Å². The molecule has 0 aromatic heterocycles. The lowest BCUT2D eigenvalue weighted by molar-refractivity contribution is -0.120. The van der Waals surface area contributed by atoms with E-state index in [9.17, 15) is 9.00 Å². The molecule has 1 aliphatic heterocycles. The molecular weight excluding hydrogens is 172 g/mol. The van der Waals surface area contributed by atoms with E-state index in [1.807, 2.05) is 13.8 Å². The molecule has 1 saturated heterocycles. The van der Waals surface area contributed by atoms with Crippen LogP contribution in [0.4, 0.5) is 0 Å². The molecule has 2 unspecified atom stereocenters. The molecule has 0 radical (unpaired) electrons. The molecule has 3 heteroatoms. The highest BCUT2D eigenvalue weighted by molar-refractivity contribution is 7.85. The molecule has 0 saturated carbocycles. The van der Waals surface area contributed by atoms with E-state index in [2.05, 4.69) is 0 Å². The Hall–Kier alpha value is -0.180. The third-order valence-electron chi connectivity index (χ3n) is 1.89. The van der Waals surface area contributed by atoms with E-state index < -0.39 is 10.8 Å². The maximum absolute atomic E-state index is 10.9. The molecule has 1 fully saturated rings. The second kappa shape index (κ2) is 6.35. The summed E-state index contributed by atoms with van der Waals surface area (Å²) in [4.78, 5) is 10.8. The monoisotopic (exact) mass is 190 g/mol. The van der Waals surface area contributed by atoms with Crippen molar-refractivity contribution >= 4 is 16.6 Å². The Morgan fingerprint density at radius 3 is 2.33 bits per heavy atom. The fourth-order valence-electron chi connectivity index (χ4n) is 1.20. The number of ketones is 1. The SMILES string of the molecule is CC.CC(=O)C1CCCS(=O)C1. The van der Waals surface area contributed by atoms with Crippen molar-refractivity contribution in [3.63, 3.8) is 0 Å². The van der Waals surface area contributed by atoms with Gasteiger partial charge >= 0.3 is 0 Å². The molecule has 1 aliphatic rings. The van der Waals surface area contributed by atoms with Crippen molar-refractivity contribution in [2.45, 2.75) is 33.6 Å². The summed E-state index contributed by atoms with van der Waals surface area (Å²) in [6.45, 7) is 5.59. The van der Waals surface area contributed by atoms with Crippen LogP contribution in [0.2, 0.25) is 0 Å². The summed E-state index contributed by atoms with van der Waals surface area (Å²) in [7, 11) is -0.712. The smallest absolute Gasteiger partial charge is 0.133 e. The first-order valence-corrected chi connectivity index (χ1v) is 6.04. The zero-order chi connectivity index (χ0) is 9.56. The van der Waals surface area contributed by atoms with Gasteiger partial charge in [-0.05, 0) is 19.8 Å². The molecular formula is C9H18O2S. The van der Waals surface area contributed by atoms with Crippen molar-refractivity contribution in [3.8, 4) is 0 Å². The van der Waals surface area contributed by atoms with Gasteiger partial charge in [0.25, 0.3) is 0 Å². The highest BCUT2D eigenvalue weighted by Crippen LogP contribution is 2.15. The molecule has 1 rings (SSSR count). The maximum Gasteiger partial charge on any atom is 0.133 e. The zero-order valence-electron chi connectivity index (χ0n) is 8.13. The lowest BCUT2D eigenvalue weighted by Gasteiger charge is -2.17. The van der Waals surface area contributed by atoms with Gasteiger partial charge in [0.05, 0.1) is 0 Å². The lowest BCUT2D eigenvalue weighted by Crippen LogP contribution is -2.25.